The summed E-state index contributed by atoms with van der Waals surface area (Å²) in [5.41, 5.74) is 0.964. The van der Waals surface area contributed by atoms with Crippen LogP contribution in [0.3, 0.4) is 0 Å². The standard InChI is InChI=1S/C31H39F2N7O5/c1-2-44-31(42)39-13-11-21(12-14-39)34-29(41)20-7-9-22(10-8-20)45-26-19-25(36-30(37-26)38-15-17-43-18-16-38)40-24-6-4-3-5-23(24)35-28(40)27(32)33/h3-6,19-22,27H,2,7-18H2,1H3,(H,34,41). The fourth-order valence-electron chi connectivity index (χ4n) is 6.27. The molecule has 3 aliphatic rings. The smallest absolute Gasteiger partial charge is 0.409 e. The predicted octanol–water partition coefficient (Wildman–Crippen LogP) is 4.26. The number of halogens is 2. The Morgan fingerprint density at radius 3 is 2.44 bits per heavy atom. The Hall–Kier alpha value is -4.07. The van der Waals surface area contributed by atoms with Crippen molar-refractivity contribution in [2.45, 2.75) is 64.0 Å². The molecule has 3 fully saturated rings. The van der Waals surface area contributed by atoms with Crippen LogP contribution in [0.5, 0.6) is 5.88 Å². The first-order valence-electron chi connectivity index (χ1n) is 15.8. The molecule has 2 aliphatic heterocycles. The summed E-state index contributed by atoms with van der Waals surface area (Å²) in [5.74, 6) is 0.447. The number of alkyl halides is 2. The van der Waals surface area contributed by atoms with E-state index in [-0.39, 0.29) is 35.9 Å². The van der Waals surface area contributed by atoms with Crippen LogP contribution in [0.15, 0.2) is 30.3 Å². The number of imidazole rings is 1. The van der Waals surface area contributed by atoms with Gasteiger partial charge < -0.3 is 29.3 Å². The molecule has 14 heteroatoms. The summed E-state index contributed by atoms with van der Waals surface area (Å²) in [4.78, 5) is 42.2. The second-order valence-corrected chi connectivity index (χ2v) is 11.6. The number of nitrogens with zero attached hydrogens (tertiary/aromatic N) is 6. The Kier molecular flexibility index (Phi) is 9.57. The van der Waals surface area contributed by atoms with Gasteiger partial charge in [0.05, 0.1) is 30.9 Å². The molecule has 2 saturated heterocycles. The zero-order valence-corrected chi connectivity index (χ0v) is 25.4. The number of piperidine rings is 1. The number of nitrogens with one attached hydrogen (secondary N) is 1. The number of anilines is 1. The van der Waals surface area contributed by atoms with Gasteiger partial charge in [-0.3, -0.25) is 9.36 Å². The maximum Gasteiger partial charge on any atom is 0.409 e. The van der Waals surface area contributed by atoms with Crippen molar-refractivity contribution in [3.63, 3.8) is 0 Å². The van der Waals surface area contributed by atoms with E-state index < -0.39 is 12.2 Å². The topological polar surface area (TPSA) is 124 Å². The number of para-hydroxylation sites is 2. The first kappa shape index (κ1) is 30.9. The molecule has 242 valence electrons. The Balaban J connectivity index is 1.13. The van der Waals surface area contributed by atoms with Crippen LogP contribution < -0.4 is 15.0 Å². The highest BCUT2D eigenvalue weighted by molar-refractivity contribution is 5.79. The Labute approximate surface area is 260 Å². The molecule has 0 atom stereocenters. The number of aromatic nitrogens is 4. The number of fused-ring (bicyclic) bond motifs is 1. The lowest BCUT2D eigenvalue weighted by molar-refractivity contribution is -0.127. The Bertz CT molecular complexity index is 1480. The lowest BCUT2D eigenvalue weighted by atomic mass is 9.86. The van der Waals surface area contributed by atoms with E-state index in [1.54, 1.807) is 42.2 Å². The fraction of sp³-hybridized carbons (Fsp3) is 0.581. The van der Waals surface area contributed by atoms with Crippen LogP contribution >= 0.6 is 0 Å². The Morgan fingerprint density at radius 1 is 1.00 bits per heavy atom. The SMILES string of the molecule is CCOC(=O)N1CCC(NC(=O)C2CCC(Oc3cc(-n4c(C(F)F)nc5ccccc54)nc(N4CCOCC4)n3)CC2)CC1. The van der Waals surface area contributed by atoms with Crippen molar-refractivity contribution in [2.75, 3.05) is 50.9 Å². The van der Waals surface area contributed by atoms with Crippen molar-refractivity contribution in [3.8, 4) is 11.7 Å². The van der Waals surface area contributed by atoms with E-state index in [0.29, 0.717) is 107 Å². The van der Waals surface area contributed by atoms with Gasteiger partial charge in [-0.05, 0) is 57.6 Å². The number of hydrogen-bond acceptors (Lipinski definition) is 9. The molecule has 6 rings (SSSR count). The monoisotopic (exact) mass is 627 g/mol. The maximum absolute atomic E-state index is 14.2. The third-order valence-corrected chi connectivity index (χ3v) is 8.68. The summed E-state index contributed by atoms with van der Waals surface area (Å²) in [6.45, 7) is 5.40. The van der Waals surface area contributed by atoms with Gasteiger partial charge >= 0.3 is 6.09 Å². The van der Waals surface area contributed by atoms with Gasteiger partial charge in [0.15, 0.2) is 5.82 Å². The van der Waals surface area contributed by atoms with Gasteiger partial charge in [-0.25, -0.2) is 18.6 Å². The molecule has 0 bridgehead atoms. The van der Waals surface area contributed by atoms with Crippen LogP contribution in [-0.4, -0.2) is 94.6 Å². The number of benzene rings is 1. The fourth-order valence-corrected chi connectivity index (χ4v) is 6.27. The van der Waals surface area contributed by atoms with Gasteiger partial charge in [0, 0.05) is 44.2 Å². The van der Waals surface area contributed by atoms with Crippen molar-refractivity contribution < 1.29 is 32.6 Å². The lowest BCUT2D eigenvalue weighted by Crippen LogP contribution is -2.48. The van der Waals surface area contributed by atoms with Gasteiger partial charge in [0.25, 0.3) is 6.43 Å². The molecule has 1 aromatic carbocycles. The average molecular weight is 628 g/mol. The van der Waals surface area contributed by atoms with Crippen LogP contribution in [0, 0.1) is 5.92 Å². The quantitative estimate of drug-likeness (QED) is 0.390. The molecule has 1 N–H and O–H groups in total. The molecule has 1 aliphatic carbocycles. The highest BCUT2D eigenvalue weighted by atomic mass is 19.3. The molecule has 0 unspecified atom stereocenters. The van der Waals surface area contributed by atoms with E-state index in [9.17, 15) is 18.4 Å². The van der Waals surface area contributed by atoms with Gasteiger partial charge in [0.1, 0.15) is 11.9 Å². The van der Waals surface area contributed by atoms with Crippen LogP contribution in [0.1, 0.15) is 57.7 Å². The number of morpholine rings is 1. The molecule has 2 amide bonds. The van der Waals surface area contributed by atoms with Crippen molar-refractivity contribution in [3.05, 3.63) is 36.2 Å². The lowest BCUT2D eigenvalue weighted by Gasteiger charge is -2.33. The van der Waals surface area contributed by atoms with Crippen molar-refractivity contribution in [2.24, 2.45) is 5.92 Å². The summed E-state index contributed by atoms with van der Waals surface area (Å²) >= 11 is 0. The van der Waals surface area contributed by atoms with E-state index in [1.165, 1.54) is 4.57 Å². The van der Waals surface area contributed by atoms with Gasteiger partial charge in [-0.2, -0.15) is 9.97 Å². The summed E-state index contributed by atoms with van der Waals surface area (Å²) in [7, 11) is 0. The molecule has 1 saturated carbocycles. The van der Waals surface area contributed by atoms with Gasteiger partial charge in [0.2, 0.25) is 17.7 Å². The molecule has 3 aromatic rings. The number of rotatable bonds is 8. The number of amides is 2. The average Bonchev–Trinajstić information content (AvgIpc) is 3.46. The number of ether oxygens (including phenoxy) is 3. The third kappa shape index (κ3) is 7.10. The van der Waals surface area contributed by atoms with Crippen LogP contribution in [-0.2, 0) is 14.3 Å². The summed E-state index contributed by atoms with van der Waals surface area (Å²) in [6, 6.07) is 8.59. The molecule has 12 nitrogen and oxygen atoms in total. The molecular formula is C31H39F2N7O5. The third-order valence-electron chi connectivity index (χ3n) is 8.68. The molecular weight excluding hydrogens is 588 g/mol. The van der Waals surface area contributed by atoms with Crippen LogP contribution in [0.2, 0.25) is 0 Å². The predicted molar refractivity (Wildman–Crippen MR) is 161 cm³/mol. The molecule has 2 aromatic heterocycles. The number of likely N-dealkylation sites (tertiary alicyclic amines) is 1. The number of carbonyl (C=O) groups is 2. The first-order valence-corrected chi connectivity index (χ1v) is 15.8. The maximum atomic E-state index is 14.2. The minimum atomic E-state index is -2.81. The molecule has 0 spiro atoms. The van der Waals surface area contributed by atoms with E-state index in [4.69, 9.17) is 14.2 Å². The van der Waals surface area contributed by atoms with E-state index in [1.807, 2.05) is 4.90 Å². The van der Waals surface area contributed by atoms with Crippen molar-refractivity contribution in [1.29, 1.82) is 0 Å². The summed E-state index contributed by atoms with van der Waals surface area (Å²) in [5, 5.41) is 3.18. The van der Waals surface area contributed by atoms with Gasteiger partial charge in [-0.15, -0.1) is 0 Å². The van der Waals surface area contributed by atoms with E-state index >= 15 is 0 Å². The first-order chi connectivity index (χ1) is 21.9. The van der Waals surface area contributed by atoms with Crippen LogP contribution in [0.4, 0.5) is 19.5 Å². The minimum absolute atomic E-state index is 0.0348. The van der Waals surface area contributed by atoms with Crippen molar-refractivity contribution in [1.82, 2.24) is 29.7 Å². The highest BCUT2D eigenvalue weighted by Crippen LogP contribution is 2.32. The van der Waals surface area contributed by atoms with Crippen LogP contribution in [0.25, 0.3) is 16.9 Å². The zero-order chi connectivity index (χ0) is 31.3. The zero-order valence-electron chi connectivity index (χ0n) is 25.4. The molecule has 45 heavy (non-hydrogen) atoms. The highest BCUT2D eigenvalue weighted by Gasteiger charge is 2.31. The van der Waals surface area contributed by atoms with Gasteiger partial charge in [-0.1, -0.05) is 12.1 Å². The number of carbonyl (C=O) groups excluding carboxylic acids is 2. The normalized spacial score (nSPS) is 21.2. The largest absolute Gasteiger partial charge is 0.474 e. The second-order valence-electron chi connectivity index (χ2n) is 11.6. The van der Waals surface area contributed by atoms with E-state index in [2.05, 4.69) is 20.3 Å². The summed E-state index contributed by atoms with van der Waals surface area (Å²) < 4.78 is 46.6. The second kappa shape index (κ2) is 13.9. The van der Waals surface area contributed by atoms with Crippen molar-refractivity contribution >= 4 is 29.0 Å². The number of hydrogen-bond donors (Lipinski definition) is 1. The molecule has 4 heterocycles. The molecule has 0 radical (unpaired) electrons. The Morgan fingerprint density at radius 2 is 1.73 bits per heavy atom. The minimum Gasteiger partial charge on any atom is -0.474 e. The van der Waals surface area contributed by atoms with E-state index in [0.717, 1.165) is 0 Å². The summed E-state index contributed by atoms with van der Waals surface area (Å²) in [6.07, 6.45) is 0.729.